The quantitative estimate of drug-likeness (QED) is 0.0386. The zero-order valence-corrected chi connectivity index (χ0v) is 52.5. The number of alkyl carbamates (subject to hydrolysis) is 1. The summed E-state index contributed by atoms with van der Waals surface area (Å²) in [6, 6.07) is 11.8. The summed E-state index contributed by atoms with van der Waals surface area (Å²) in [5, 5.41) is 14.0. The van der Waals surface area contributed by atoms with E-state index in [1.54, 1.807) is 55.0 Å². The highest BCUT2D eigenvalue weighted by atomic mass is 16.7. The Kier molecular flexibility index (Phi) is 27.6. The summed E-state index contributed by atoms with van der Waals surface area (Å²) < 4.78 is 17.6. The number of rotatable bonds is 32. The molecule has 0 radical (unpaired) electrons. The number of likely N-dealkylation sites (N-methyl/N-ethyl adjacent to an activating group) is 2. The van der Waals surface area contributed by atoms with Gasteiger partial charge in [-0.1, -0.05) is 97.4 Å². The third kappa shape index (κ3) is 20.3. The number of ether oxygens (including phenoxy) is 3. The van der Waals surface area contributed by atoms with Gasteiger partial charge in [0.05, 0.1) is 55.9 Å². The van der Waals surface area contributed by atoms with Crippen LogP contribution in [0, 0.1) is 53.3 Å². The third-order valence-electron chi connectivity index (χ3n) is 17.1. The van der Waals surface area contributed by atoms with E-state index in [2.05, 4.69) is 43.9 Å². The fraction of sp³-hybridized carbons (Fsp3) is 0.656. The number of anilines is 1. The number of amides is 8. The zero-order valence-electron chi connectivity index (χ0n) is 52.5. The average molecular weight is 1180 g/mol. The Morgan fingerprint density at radius 1 is 0.741 bits per heavy atom. The number of fused-ring (bicyclic) bond motifs is 1. The van der Waals surface area contributed by atoms with Crippen LogP contribution in [-0.4, -0.2) is 166 Å². The molecule has 2 fully saturated rings. The van der Waals surface area contributed by atoms with E-state index >= 15 is 0 Å². The van der Waals surface area contributed by atoms with Gasteiger partial charge < -0.3 is 50.6 Å². The lowest BCUT2D eigenvalue weighted by Crippen LogP contribution is -2.59. The van der Waals surface area contributed by atoms with Crippen LogP contribution in [0.3, 0.4) is 0 Å². The molecule has 0 spiro atoms. The molecular weight excluding hydrogens is 1090 g/mol. The molecule has 5 rings (SSSR count). The van der Waals surface area contributed by atoms with Crippen LogP contribution in [-0.2, 0) is 65.6 Å². The first kappa shape index (κ1) is 69.2. The fourth-order valence-electron chi connectivity index (χ4n) is 12.1. The second-order valence-electron chi connectivity index (χ2n) is 24.2. The fourth-order valence-corrected chi connectivity index (χ4v) is 12.1. The molecule has 21 nitrogen and oxygen atoms in total. The predicted octanol–water partition coefficient (Wildman–Crippen LogP) is 5.61. The number of nitrogens with zero attached hydrogens (tertiary/aromatic N) is 3. The van der Waals surface area contributed by atoms with Crippen molar-refractivity contribution in [1.29, 1.82) is 0 Å². The molecule has 2 aliphatic carbocycles. The standard InChI is InChI=1S/C64H97N9O12/c1-14-41(6)57(72(11)63(80)55(39(2)3)69-62(79)56(40(4)5)71(9)10)52(82-12)36-54(75)73-34-22-27-51(73)58(83-13)42(7)59(76)68-50(35-44-23-18-17-19-24-44)61(78)70-85-37-45-28-30-46(31-29-45)67-60(77)43(8)66-53(74)32-33-65-64(81)84-38-49-47-25-20-15-16-21-26-48(47)49/h17-19,23-24,28-31,39-43,47-52,55-58H,14,20-22,25-27,32-38H2,1-13H3,(H,65,81)(H,66,74)(H,67,77)(H,68,76)(H,69,79)(H,70,78)/t41-,42+,43+,47?,48?,49?,50-,51-,52+,55-,56-,57-,58+/m0/s1. The number of hydroxylamine groups is 1. The number of carbonyl (C=O) groups is 8. The Balaban J connectivity index is 1.12. The lowest BCUT2D eigenvalue weighted by molar-refractivity contribution is -0.148. The number of hydrogen-bond acceptors (Lipinski definition) is 13. The van der Waals surface area contributed by atoms with Crippen molar-refractivity contribution >= 4 is 53.1 Å². The molecule has 2 aromatic carbocycles. The molecule has 0 aromatic heterocycles. The van der Waals surface area contributed by atoms with E-state index < -0.39 is 84.1 Å². The summed E-state index contributed by atoms with van der Waals surface area (Å²) in [7, 11) is 8.43. The average Bonchev–Trinajstić information content (AvgIpc) is 2.31. The van der Waals surface area contributed by atoms with E-state index in [1.807, 2.05) is 90.9 Å². The maximum Gasteiger partial charge on any atom is 0.407 e. The summed E-state index contributed by atoms with van der Waals surface area (Å²) in [5.41, 5.74) is 4.41. The molecule has 470 valence electrons. The summed E-state index contributed by atoms with van der Waals surface area (Å²) >= 11 is 0. The zero-order chi connectivity index (χ0) is 62.5. The van der Waals surface area contributed by atoms with Crippen LogP contribution in [0.2, 0.25) is 0 Å². The van der Waals surface area contributed by atoms with Gasteiger partial charge in [-0.25, -0.2) is 10.3 Å². The number of nitrogens with one attached hydrogen (secondary N) is 6. The van der Waals surface area contributed by atoms with Crippen LogP contribution in [0.25, 0.3) is 0 Å². The summed E-state index contributed by atoms with van der Waals surface area (Å²) in [5.74, 6) is 4.06. The van der Waals surface area contributed by atoms with E-state index in [4.69, 9.17) is 19.0 Å². The Morgan fingerprint density at radius 3 is 1.99 bits per heavy atom. The minimum atomic E-state index is -1.07. The van der Waals surface area contributed by atoms with Crippen LogP contribution in [0.15, 0.2) is 54.6 Å². The van der Waals surface area contributed by atoms with Gasteiger partial charge in [0.25, 0.3) is 5.91 Å². The van der Waals surface area contributed by atoms with Crippen molar-refractivity contribution in [2.45, 2.75) is 175 Å². The summed E-state index contributed by atoms with van der Waals surface area (Å²) in [4.78, 5) is 120. The number of likely N-dealkylation sites (tertiary alicyclic amines) is 1. The van der Waals surface area contributed by atoms with Gasteiger partial charge in [-0.05, 0) is 105 Å². The van der Waals surface area contributed by atoms with E-state index in [0.29, 0.717) is 61.4 Å². The summed E-state index contributed by atoms with van der Waals surface area (Å²) in [6.07, 6.45) is 3.78. The van der Waals surface area contributed by atoms with Gasteiger partial charge >= 0.3 is 6.09 Å². The molecule has 12 atom stereocenters. The van der Waals surface area contributed by atoms with Crippen molar-refractivity contribution in [3.8, 4) is 11.8 Å². The van der Waals surface area contributed by atoms with Gasteiger partial charge in [0.1, 0.15) is 18.1 Å². The van der Waals surface area contributed by atoms with Crippen LogP contribution in [0.1, 0.15) is 124 Å². The number of benzene rings is 2. The lowest BCUT2D eigenvalue weighted by Gasteiger charge is -2.41. The first-order valence-electron chi connectivity index (χ1n) is 30.4. The van der Waals surface area contributed by atoms with Gasteiger partial charge in [-0.15, -0.1) is 11.8 Å². The van der Waals surface area contributed by atoms with Gasteiger partial charge in [0.2, 0.25) is 35.4 Å². The molecule has 1 heterocycles. The molecule has 21 heteroatoms. The van der Waals surface area contributed by atoms with Crippen LogP contribution in [0.5, 0.6) is 0 Å². The smallest absolute Gasteiger partial charge is 0.407 e. The van der Waals surface area contributed by atoms with Crippen molar-refractivity contribution in [2.75, 3.05) is 60.4 Å². The van der Waals surface area contributed by atoms with Gasteiger partial charge in [0.15, 0.2) is 0 Å². The van der Waals surface area contributed by atoms with Crippen molar-refractivity contribution in [2.24, 2.45) is 41.4 Å². The van der Waals surface area contributed by atoms with E-state index in [9.17, 15) is 38.4 Å². The van der Waals surface area contributed by atoms with Crippen molar-refractivity contribution < 1.29 is 57.4 Å². The minimum absolute atomic E-state index is 0.00710. The highest BCUT2D eigenvalue weighted by Crippen LogP contribution is 2.52. The Labute approximate surface area is 504 Å². The van der Waals surface area contributed by atoms with Crippen LogP contribution in [0.4, 0.5) is 10.5 Å². The highest BCUT2D eigenvalue weighted by molar-refractivity contribution is 5.97. The van der Waals surface area contributed by atoms with E-state index in [1.165, 1.54) is 14.2 Å². The highest BCUT2D eigenvalue weighted by Gasteiger charge is 2.49. The number of methoxy groups -OCH3 is 2. The number of carbonyl (C=O) groups excluding carboxylic acids is 8. The predicted molar refractivity (Wildman–Crippen MR) is 324 cm³/mol. The molecule has 2 aromatic rings. The van der Waals surface area contributed by atoms with E-state index in [-0.39, 0.29) is 67.9 Å². The normalized spacial score (nSPS) is 20.4. The van der Waals surface area contributed by atoms with Gasteiger partial charge in [0, 0.05) is 65.7 Å². The topological polar surface area (TPSA) is 255 Å². The molecule has 1 saturated heterocycles. The first-order valence-corrected chi connectivity index (χ1v) is 30.4. The Morgan fingerprint density at radius 2 is 1.40 bits per heavy atom. The van der Waals surface area contributed by atoms with Crippen LogP contribution < -0.4 is 32.1 Å². The Bertz CT molecular complexity index is 2570. The van der Waals surface area contributed by atoms with E-state index in [0.717, 1.165) is 31.2 Å². The number of hydrogen-bond donors (Lipinski definition) is 6. The monoisotopic (exact) mass is 1180 g/mol. The van der Waals surface area contributed by atoms with Crippen molar-refractivity contribution in [3.63, 3.8) is 0 Å². The molecule has 8 amide bonds. The molecule has 0 bridgehead atoms. The second kappa shape index (κ2) is 33.9. The maximum atomic E-state index is 14.5. The van der Waals surface area contributed by atoms with Gasteiger partial charge in [-0.3, -0.25) is 43.3 Å². The molecule has 1 aliphatic heterocycles. The molecule has 6 N–H and O–H groups in total. The molecular formula is C64H97N9O12. The second-order valence-corrected chi connectivity index (χ2v) is 24.2. The first-order chi connectivity index (χ1) is 40.5. The van der Waals surface area contributed by atoms with Crippen molar-refractivity contribution in [1.82, 2.24) is 41.4 Å². The molecule has 85 heavy (non-hydrogen) atoms. The molecule has 2 unspecified atom stereocenters. The summed E-state index contributed by atoms with van der Waals surface area (Å²) in [6.45, 7) is 15.8. The maximum absolute atomic E-state index is 14.5. The SMILES string of the molecule is CC[C@H](C)[C@@H]([C@@H](CC(=O)N1CCC[C@H]1[C@H](OC)[C@@H](C)C(=O)N[C@@H](Cc1ccccc1)C(=O)NOCc1ccc(NC(=O)[C@@H](C)NC(=O)CCNC(=O)OCC2C3CCC#CCCC32)cc1)OC)N(C)C(=O)[C@@H](NC(=O)[C@H](C(C)C)N(C)C)C(C)C. The largest absolute Gasteiger partial charge is 0.449 e. The molecule has 3 aliphatic rings. The van der Waals surface area contributed by atoms with Crippen LogP contribution >= 0.6 is 0 Å². The minimum Gasteiger partial charge on any atom is -0.449 e. The molecule has 1 saturated carbocycles. The van der Waals surface area contributed by atoms with Gasteiger partial charge in [-0.2, -0.15) is 0 Å². The Hall–Kier alpha value is -6.60. The third-order valence-corrected chi connectivity index (χ3v) is 17.1. The van der Waals surface area contributed by atoms with Crippen molar-refractivity contribution in [3.05, 3.63) is 65.7 Å². The lowest BCUT2D eigenvalue weighted by atomic mass is 9.89.